The highest BCUT2D eigenvalue weighted by atomic mass is 35.5. The molecule has 72 valence electrons. The van der Waals surface area contributed by atoms with Gasteiger partial charge in [-0.15, -0.1) is 0 Å². The fourth-order valence-electron chi connectivity index (χ4n) is 0.887. The first kappa shape index (κ1) is 10.1. The fourth-order valence-corrected chi connectivity index (χ4v) is 1.07. The van der Waals surface area contributed by atoms with Crippen LogP contribution in [0.25, 0.3) is 0 Å². The topological polar surface area (TPSA) is 35.2 Å². The van der Waals surface area contributed by atoms with Gasteiger partial charge in [0.1, 0.15) is 5.75 Å². The minimum Gasteiger partial charge on any atom is -0.491 e. The fraction of sp³-hybridized carbons (Fsp3) is 0.333. The van der Waals surface area contributed by atoms with Crippen molar-refractivity contribution in [3.8, 4) is 5.75 Å². The average molecular weight is 204 g/mol. The lowest BCUT2D eigenvalue weighted by Gasteiger charge is -2.07. The molecule has 0 aliphatic rings. The normalized spacial score (nSPS) is 10.0. The van der Waals surface area contributed by atoms with E-state index in [1.807, 2.05) is 0 Å². The van der Waals surface area contributed by atoms with Gasteiger partial charge in [-0.25, -0.2) is 0 Å². The minimum absolute atomic E-state index is 0.336. The Morgan fingerprint density at radius 1 is 1.46 bits per heavy atom. The molecule has 0 aliphatic heterocycles. The van der Waals surface area contributed by atoms with Crippen LogP contribution in [0, 0.1) is 0 Å². The average Bonchev–Trinajstić information content (AvgIpc) is 2.09. The molecule has 0 bridgehead atoms. The maximum absolute atomic E-state index is 11.7. The lowest BCUT2D eigenvalue weighted by atomic mass is 10.3. The number of rotatable bonds is 4. The summed E-state index contributed by atoms with van der Waals surface area (Å²) in [4.78, 5) is 0. The third kappa shape index (κ3) is 3.11. The van der Waals surface area contributed by atoms with Gasteiger partial charge in [0.15, 0.2) is 0 Å². The molecule has 0 unspecified atom stereocenters. The Kier molecular flexibility index (Phi) is 3.83. The van der Waals surface area contributed by atoms with E-state index in [9.17, 15) is 4.39 Å². The maximum atomic E-state index is 11.7. The van der Waals surface area contributed by atoms with Crippen molar-refractivity contribution in [1.29, 1.82) is 0 Å². The lowest BCUT2D eigenvalue weighted by molar-refractivity contribution is 0.291. The second kappa shape index (κ2) is 4.92. The van der Waals surface area contributed by atoms with Gasteiger partial charge in [0.2, 0.25) is 0 Å². The number of ether oxygens (including phenoxy) is 1. The molecule has 2 nitrogen and oxygen atoms in total. The zero-order valence-electron chi connectivity index (χ0n) is 7.09. The Morgan fingerprint density at radius 3 is 2.85 bits per heavy atom. The molecule has 4 heteroatoms. The van der Waals surface area contributed by atoms with Crippen molar-refractivity contribution in [1.82, 2.24) is 0 Å². The van der Waals surface area contributed by atoms with Crippen molar-refractivity contribution in [3.05, 3.63) is 23.2 Å². The van der Waals surface area contributed by atoms with E-state index in [1.54, 1.807) is 18.2 Å². The molecule has 0 spiro atoms. The van der Waals surface area contributed by atoms with Gasteiger partial charge in [-0.2, -0.15) is 0 Å². The smallest absolute Gasteiger partial charge is 0.142 e. The first-order chi connectivity index (χ1) is 6.24. The van der Waals surface area contributed by atoms with Crippen LogP contribution in [0.5, 0.6) is 5.75 Å². The molecule has 1 aromatic rings. The molecule has 0 amide bonds. The summed E-state index contributed by atoms with van der Waals surface area (Å²) >= 11 is 5.68. The first-order valence-electron chi connectivity index (χ1n) is 3.98. The van der Waals surface area contributed by atoms with Gasteiger partial charge < -0.3 is 10.5 Å². The highest BCUT2D eigenvalue weighted by Gasteiger charge is 2.00. The molecule has 1 aromatic carbocycles. The number of halogens is 2. The number of nitrogens with two attached hydrogens (primary N) is 1. The third-order valence-corrected chi connectivity index (χ3v) is 1.74. The van der Waals surface area contributed by atoms with Gasteiger partial charge in [-0.1, -0.05) is 11.6 Å². The Hall–Kier alpha value is -0.960. The van der Waals surface area contributed by atoms with Crippen LogP contribution in [0.4, 0.5) is 10.1 Å². The van der Waals surface area contributed by atoms with Crippen molar-refractivity contribution >= 4 is 17.3 Å². The van der Waals surface area contributed by atoms with E-state index in [-0.39, 0.29) is 6.67 Å². The van der Waals surface area contributed by atoms with Gasteiger partial charge in [-0.3, -0.25) is 4.39 Å². The third-order valence-electron chi connectivity index (χ3n) is 1.51. The summed E-state index contributed by atoms with van der Waals surface area (Å²) in [5.74, 6) is 0.554. The molecule has 0 aromatic heterocycles. The van der Waals surface area contributed by atoms with Crippen LogP contribution in [0.1, 0.15) is 6.42 Å². The van der Waals surface area contributed by atoms with Crippen LogP contribution in [-0.4, -0.2) is 13.3 Å². The number of anilines is 1. The second-order valence-electron chi connectivity index (χ2n) is 2.57. The van der Waals surface area contributed by atoms with E-state index in [4.69, 9.17) is 22.1 Å². The zero-order valence-corrected chi connectivity index (χ0v) is 7.85. The Labute approximate surface area is 81.4 Å². The molecule has 13 heavy (non-hydrogen) atoms. The molecule has 0 atom stereocenters. The summed E-state index contributed by atoms with van der Waals surface area (Å²) in [5, 5.41) is 0.565. The van der Waals surface area contributed by atoms with E-state index in [0.29, 0.717) is 29.5 Å². The standard InChI is InChI=1S/C9H11ClFNO/c10-7-2-3-9(8(12)6-7)13-5-1-4-11/h2-3,6H,1,4-5,12H2. The summed E-state index contributed by atoms with van der Waals surface area (Å²) in [6, 6.07) is 4.96. The summed E-state index contributed by atoms with van der Waals surface area (Å²) in [7, 11) is 0. The van der Waals surface area contributed by atoms with Gasteiger partial charge in [0.05, 0.1) is 19.0 Å². The molecule has 0 heterocycles. The van der Waals surface area contributed by atoms with Crippen molar-refractivity contribution in [2.75, 3.05) is 19.0 Å². The molecule has 0 radical (unpaired) electrons. The van der Waals surface area contributed by atoms with Crippen LogP contribution in [0.15, 0.2) is 18.2 Å². The van der Waals surface area contributed by atoms with Crippen molar-refractivity contribution in [3.63, 3.8) is 0 Å². The largest absolute Gasteiger partial charge is 0.491 e. The highest BCUT2D eigenvalue weighted by molar-refractivity contribution is 6.30. The monoisotopic (exact) mass is 203 g/mol. The number of benzene rings is 1. The van der Waals surface area contributed by atoms with Crippen LogP contribution in [0.3, 0.4) is 0 Å². The minimum atomic E-state index is -0.381. The number of hydrogen-bond donors (Lipinski definition) is 1. The maximum Gasteiger partial charge on any atom is 0.142 e. The Bertz CT molecular complexity index is 280. The van der Waals surface area contributed by atoms with Crippen molar-refractivity contribution in [2.24, 2.45) is 0 Å². The molecule has 0 aliphatic carbocycles. The molecular weight excluding hydrogens is 193 g/mol. The van der Waals surface area contributed by atoms with Crippen LogP contribution < -0.4 is 10.5 Å². The van der Waals surface area contributed by atoms with Gasteiger partial charge in [0, 0.05) is 11.4 Å². The van der Waals surface area contributed by atoms with Crippen LogP contribution in [-0.2, 0) is 0 Å². The Balaban J connectivity index is 2.56. The highest BCUT2D eigenvalue weighted by Crippen LogP contribution is 2.24. The van der Waals surface area contributed by atoms with E-state index in [1.165, 1.54) is 0 Å². The quantitative estimate of drug-likeness (QED) is 0.603. The summed E-state index contributed by atoms with van der Waals surface area (Å²) in [5.41, 5.74) is 6.08. The van der Waals surface area contributed by atoms with E-state index < -0.39 is 0 Å². The lowest BCUT2D eigenvalue weighted by Crippen LogP contribution is -2.00. The van der Waals surface area contributed by atoms with E-state index in [0.717, 1.165) is 0 Å². The van der Waals surface area contributed by atoms with E-state index in [2.05, 4.69) is 0 Å². The van der Waals surface area contributed by atoms with Gasteiger partial charge in [-0.05, 0) is 18.2 Å². The summed E-state index contributed by atoms with van der Waals surface area (Å²) in [6.45, 7) is -0.0458. The molecule has 0 saturated carbocycles. The predicted octanol–water partition coefficient (Wildman–Crippen LogP) is 2.66. The van der Waals surface area contributed by atoms with Crippen LogP contribution >= 0.6 is 11.6 Å². The second-order valence-corrected chi connectivity index (χ2v) is 3.01. The van der Waals surface area contributed by atoms with Crippen LogP contribution in [0.2, 0.25) is 5.02 Å². The molecule has 0 fully saturated rings. The molecule has 2 N–H and O–H groups in total. The van der Waals surface area contributed by atoms with Crippen molar-refractivity contribution < 1.29 is 9.13 Å². The van der Waals surface area contributed by atoms with E-state index >= 15 is 0 Å². The summed E-state index contributed by atoms with van der Waals surface area (Å²) < 4.78 is 16.9. The molecule has 1 rings (SSSR count). The number of nitrogen functional groups attached to an aromatic ring is 1. The van der Waals surface area contributed by atoms with Gasteiger partial charge >= 0.3 is 0 Å². The van der Waals surface area contributed by atoms with Crippen molar-refractivity contribution in [2.45, 2.75) is 6.42 Å². The number of alkyl halides is 1. The van der Waals surface area contributed by atoms with Gasteiger partial charge in [0.25, 0.3) is 0 Å². The summed E-state index contributed by atoms with van der Waals surface area (Å²) in [6.07, 6.45) is 0.377. The molecular formula is C9H11ClFNO. The predicted molar refractivity (Wildman–Crippen MR) is 52.0 cm³/mol. The number of hydrogen-bond acceptors (Lipinski definition) is 2. The zero-order chi connectivity index (χ0) is 9.68. The first-order valence-corrected chi connectivity index (χ1v) is 4.35. The Morgan fingerprint density at radius 2 is 2.23 bits per heavy atom. The SMILES string of the molecule is Nc1cc(Cl)ccc1OCCCF. The molecule has 0 saturated heterocycles.